The molecular formula is C38H24N4. The molecule has 42 heavy (non-hydrogen) atoms. The van der Waals surface area contributed by atoms with Gasteiger partial charge in [-0.25, -0.2) is 9.97 Å². The quantitative estimate of drug-likeness (QED) is 0.225. The van der Waals surface area contributed by atoms with Gasteiger partial charge in [-0.15, -0.1) is 0 Å². The highest BCUT2D eigenvalue weighted by Gasteiger charge is 2.20. The monoisotopic (exact) mass is 536 g/mol. The summed E-state index contributed by atoms with van der Waals surface area (Å²) in [4.78, 5) is 10.4. The van der Waals surface area contributed by atoms with Crippen LogP contribution in [0.4, 0.5) is 0 Å². The predicted molar refractivity (Wildman–Crippen MR) is 174 cm³/mol. The molecule has 3 aromatic heterocycles. The normalized spacial score (nSPS) is 11.8. The lowest BCUT2D eigenvalue weighted by Gasteiger charge is -2.14. The smallest absolute Gasteiger partial charge is 0.165 e. The van der Waals surface area contributed by atoms with Gasteiger partial charge in [0.15, 0.2) is 5.82 Å². The number of hydrogen-bond acceptors (Lipinski definition) is 2. The van der Waals surface area contributed by atoms with Gasteiger partial charge in [0.1, 0.15) is 5.69 Å². The van der Waals surface area contributed by atoms with Crippen LogP contribution in [0, 0.1) is 0 Å². The zero-order valence-corrected chi connectivity index (χ0v) is 22.6. The Balaban J connectivity index is 1.37. The third-order valence-corrected chi connectivity index (χ3v) is 8.31. The Hall–Kier alpha value is -5.74. The van der Waals surface area contributed by atoms with E-state index in [0.29, 0.717) is 0 Å². The highest BCUT2D eigenvalue weighted by molar-refractivity contribution is 6.12. The van der Waals surface area contributed by atoms with E-state index in [0.717, 1.165) is 44.8 Å². The van der Waals surface area contributed by atoms with E-state index >= 15 is 0 Å². The van der Waals surface area contributed by atoms with Crippen LogP contribution in [0.3, 0.4) is 0 Å². The molecule has 6 aromatic carbocycles. The number of fused-ring (bicyclic) bond motifs is 7. The molecule has 0 atom stereocenters. The molecule has 196 valence electrons. The van der Waals surface area contributed by atoms with Crippen molar-refractivity contribution in [2.45, 2.75) is 0 Å². The SMILES string of the molecule is c1ccc(-c2nc3ccccc3nc2-n2c3ccccc3c3cc(-n4c5ccccc5c5ccccc54)ccc32)cc1. The van der Waals surface area contributed by atoms with Crippen molar-refractivity contribution in [2.75, 3.05) is 0 Å². The van der Waals surface area contributed by atoms with Crippen LogP contribution < -0.4 is 0 Å². The van der Waals surface area contributed by atoms with Crippen LogP contribution in [0.1, 0.15) is 0 Å². The summed E-state index contributed by atoms with van der Waals surface area (Å²) in [5.41, 5.74) is 9.41. The summed E-state index contributed by atoms with van der Waals surface area (Å²) in [5, 5.41) is 4.88. The largest absolute Gasteiger partial charge is 0.309 e. The average molecular weight is 537 g/mol. The van der Waals surface area contributed by atoms with E-state index in [1.54, 1.807) is 0 Å². The summed E-state index contributed by atoms with van der Waals surface area (Å²) in [6, 6.07) is 51.2. The van der Waals surface area contributed by atoms with Crippen LogP contribution in [-0.2, 0) is 0 Å². The van der Waals surface area contributed by atoms with Gasteiger partial charge in [0, 0.05) is 32.8 Å². The fourth-order valence-electron chi connectivity index (χ4n) is 6.47. The highest BCUT2D eigenvalue weighted by atomic mass is 15.1. The second-order valence-corrected chi connectivity index (χ2v) is 10.7. The molecule has 0 aliphatic rings. The number of nitrogens with zero attached hydrogens (tertiary/aromatic N) is 4. The van der Waals surface area contributed by atoms with Crippen LogP contribution in [0.25, 0.3) is 77.4 Å². The van der Waals surface area contributed by atoms with Crippen LogP contribution in [-0.4, -0.2) is 19.1 Å². The van der Waals surface area contributed by atoms with Gasteiger partial charge in [0.25, 0.3) is 0 Å². The maximum Gasteiger partial charge on any atom is 0.165 e. The summed E-state index contributed by atoms with van der Waals surface area (Å²) in [6.07, 6.45) is 0. The lowest BCUT2D eigenvalue weighted by molar-refractivity contribution is 1.08. The summed E-state index contributed by atoms with van der Waals surface area (Å²) < 4.78 is 4.66. The molecule has 0 saturated heterocycles. The minimum absolute atomic E-state index is 0.829. The number of rotatable bonds is 3. The van der Waals surface area contributed by atoms with Crippen molar-refractivity contribution in [1.29, 1.82) is 0 Å². The van der Waals surface area contributed by atoms with E-state index < -0.39 is 0 Å². The van der Waals surface area contributed by atoms with E-state index in [-0.39, 0.29) is 0 Å². The van der Waals surface area contributed by atoms with Crippen molar-refractivity contribution < 1.29 is 0 Å². The fraction of sp³-hybridized carbons (Fsp3) is 0. The number of para-hydroxylation sites is 5. The molecular weight excluding hydrogens is 512 g/mol. The number of hydrogen-bond donors (Lipinski definition) is 0. The maximum atomic E-state index is 5.24. The van der Waals surface area contributed by atoms with E-state index in [9.17, 15) is 0 Å². The zero-order chi connectivity index (χ0) is 27.6. The van der Waals surface area contributed by atoms with Crippen LogP contribution >= 0.6 is 0 Å². The maximum absolute atomic E-state index is 5.24. The third-order valence-electron chi connectivity index (χ3n) is 8.31. The highest BCUT2D eigenvalue weighted by Crippen LogP contribution is 2.38. The molecule has 0 aliphatic heterocycles. The van der Waals surface area contributed by atoms with Gasteiger partial charge < -0.3 is 4.57 Å². The first-order chi connectivity index (χ1) is 20.8. The minimum Gasteiger partial charge on any atom is -0.309 e. The molecule has 0 aliphatic carbocycles. The molecule has 3 heterocycles. The summed E-state index contributed by atoms with van der Waals surface area (Å²) in [6.45, 7) is 0. The first-order valence-electron chi connectivity index (χ1n) is 14.2. The van der Waals surface area contributed by atoms with Crippen LogP contribution in [0.2, 0.25) is 0 Å². The molecule has 0 fully saturated rings. The fourth-order valence-corrected chi connectivity index (χ4v) is 6.47. The standard InChI is InChI=1S/C38H24N4/c1-2-12-25(13-3-1)37-38(40-32-18-8-7-17-31(32)39-37)42-35-21-11-6-16-29(35)30-24-26(22-23-36(30)42)41-33-19-9-4-14-27(33)28-15-5-10-20-34(28)41/h1-24H. The molecule has 4 heteroatoms. The van der Waals surface area contributed by atoms with Gasteiger partial charge in [-0.1, -0.05) is 97.1 Å². The van der Waals surface area contributed by atoms with Gasteiger partial charge >= 0.3 is 0 Å². The molecule has 0 spiro atoms. The first-order valence-corrected chi connectivity index (χ1v) is 14.2. The Kier molecular flexibility index (Phi) is 4.87. The number of aromatic nitrogens is 4. The van der Waals surface area contributed by atoms with Crippen LogP contribution in [0.5, 0.6) is 0 Å². The second-order valence-electron chi connectivity index (χ2n) is 10.7. The topological polar surface area (TPSA) is 35.6 Å². The van der Waals surface area contributed by atoms with E-state index in [4.69, 9.17) is 9.97 Å². The third kappa shape index (κ3) is 3.29. The van der Waals surface area contributed by atoms with Gasteiger partial charge in [-0.2, -0.15) is 0 Å². The molecule has 0 saturated carbocycles. The van der Waals surface area contributed by atoms with Crippen molar-refractivity contribution in [1.82, 2.24) is 19.1 Å². The predicted octanol–water partition coefficient (Wildman–Crippen LogP) is 9.49. The molecule has 4 nitrogen and oxygen atoms in total. The Morgan fingerprint density at radius 1 is 0.381 bits per heavy atom. The molecule has 0 N–H and O–H groups in total. The van der Waals surface area contributed by atoms with E-state index in [1.807, 2.05) is 30.3 Å². The van der Waals surface area contributed by atoms with Crippen molar-refractivity contribution in [3.8, 4) is 22.8 Å². The van der Waals surface area contributed by atoms with Gasteiger partial charge in [0.05, 0.1) is 33.1 Å². The van der Waals surface area contributed by atoms with Gasteiger partial charge in [0.2, 0.25) is 0 Å². The average Bonchev–Trinajstić information content (AvgIpc) is 3.57. The number of benzene rings is 6. The van der Waals surface area contributed by atoms with Gasteiger partial charge in [-0.3, -0.25) is 4.57 Å². The molecule has 0 amide bonds. The summed E-state index contributed by atoms with van der Waals surface area (Å²) in [7, 11) is 0. The Labute approximate surface area is 241 Å². The van der Waals surface area contributed by atoms with Crippen molar-refractivity contribution in [2.24, 2.45) is 0 Å². The second kappa shape index (κ2) is 8.88. The van der Waals surface area contributed by atoms with Crippen LogP contribution in [0.15, 0.2) is 146 Å². The molecule has 0 unspecified atom stereocenters. The minimum atomic E-state index is 0.829. The van der Waals surface area contributed by atoms with E-state index in [1.165, 1.54) is 32.6 Å². The van der Waals surface area contributed by atoms with E-state index in [2.05, 4.69) is 124 Å². The lowest BCUT2D eigenvalue weighted by atomic mass is 10.1. The molecule has 0 radical (unpaired) electrons. The molecule has 9 rings (SSSR count). The van der Waals surface area contributed by atoms with Gasteiger partial charge in [-0.05, 0) is 48.5 Å². The molecule has 0 bridgehead atoms. The molecule has 9 aromatic rings. The Morgan fingerprint density at radius 3 is 1.55 bits per heavy atom. The summed E-state index contributed by atoms with van der Waals surface area (Å²) >= 11 is 0. The lowest BCUT2D eigenvalue weighted by Crippen LogP contribution is -2.03. The van der Waals surface area contributed by atoms with Crippen molar-refractivity contribution >= 4 is 54.6 Å². The Bertz CT molecular complexity index is 2410. The Morgan fingerprint density at radius 2 is 0.881 bits per heavy atom. The zero-order valence-electron chi connectivity index (χ0n) is 22.6. The van der Waals surface area contributed by atoms with Crippen molar-refractivity contribution in [3.63, 3.8) is 0 Å². The first kappa shape index (κ1) is 23.0. The summed E-state index contributed by atoms with van der Waals surface area (Å²) in [5.74, 6) is 0.829. The van der Waals surface area contributed by atoms with Crippen molar-refractivity contribution in [3.05, 3.63) is 146 Å².